The van der Waals surface area contributed by atoms with E-state index >= 15 is 0 Å². The van der Waals surface area contributed by atoms with Crippen molar-refractivity contribution >= 4 is 11.9 Å². The molecule has 1 aliphatic heterocycles. The van der Waals surface area contributed by atoms with Gasteiger partial charge in [-0.25, -0.2) is 9.78 Å². The number of likely N-dealkylation sites (tertiary alicyclic amines) is 1. The molecule has 31 heavy (non-hydrogen) atoms. The van der Waals surface area contributed by atoms with Crippen LogP contribution in [0.25, 0.3) is 0 Å². The van der Waals surface area contributed by atoms with E-state index in [4.69, 9.17) is 9.52 Å². The highest BCUT2D eigenvalue weighted by Crippen LogP contribution is 2.32. The summed E-state index contributed by atoms with van der Waals surface area (Å²) in [4.78, 5) is 28.7. The summed E-state index contributed by atoms with van der Waals surface area (Å²) in [6.07, 6.45) is 4.04. The average Bonchev–Trinajstić information content (AvgIpc) is 3.23. The molecule has 1 aromatic heterocycles. The van der Waals surface area contributed by atoms with Crippen LogP contribution in [-0.2, 0) is 17.1 Å². The van der Waals surface area contributed by atoms with Gasteiger partial charge < -0.3 is 19.5 Å². The van der Waals surface area contributed by atoms with E-state index in [9.17, 15) is 23.5 Å². The van der Waals surface area contributed by atoms with Crippen LogP contribution in [0.3, 0.4) is 0 Å². The third-order valence-corrected chi connectivity index (χ3v) is 5.21. The minimum Gasteiger partial charge on any atom is -0.475 e. The molecule has 1 fully saturated rings. The fourth-order valence-corrected chi connectivity index (χ4v) is 3.55. The van der Waals surface area contributed by atoms with Gasteiger partial charge in [0.1, 0.15) is 6.10 Å². The number of halogens is 2. The molecule has 9 heteroatoms. The van der Waals surface area contributed by atoms with Gasteiger partial charge in [0.15, 0.2) is 5.89 Å². The van der Waals surface area contributed by atoms with Crippen molar-refractivity contribution in [2.24, 2.45) is 0 Å². The van der Waals surface area contributed by atoms with Crippen LogP contribution in [0.5, 0.6) is 0 Å². The summed E-state index contributed by atoms with van der Waals surface area (Å²) >= 11 is 0. The van der Waals surface area contributed by atoms with Crippen molar-refractivity contribution in [2.75, 3.05) is 6.54 Å². The molecule has 1 amide bonds. The lowest BCUT2D eigenvalue weighted by Crippen LogP contribution is -2.43. The Morgan fingerprint density at radius 2 is 2.10 bits per heavy atom. The van der Waals surface area contributed by atoms with E-state index in [0.717, 1.165) is 12.3 Å². The van der Waals surface area contributed by atoms with Crippen LogP contribution in [0.1, 0.15) is 47.7 Å². The summed E-state index contributed by atoms with van der Waals surface area (Å²) in [5, 5.41) is 18.9. The molecule has 7 nitrogen and oxygen atoms in total. The van der Waals surface area contributed by atoms with Crippen LogP contribution in [0, 0.1) is 0 Å². The molecular formula is C22H24F2N2O5. The molecule has 0 unspecified atom stereocenters. The number of carboxylic acids is 1. The topological polar surface area (TPSA) is 104 Å². The van der Waals surface area contributed by atoms with Crippen molar-refractivity contribution in [1.82, 2.24) is 9.88 Å². The quantitative estimate of drug-likeness (QED) is 0.587. The monoisotopic (exact) mass is 434 g/mol. The Morgan fingerprint density at radius 1 is 1.35 bits per heavy atom. The van der Waals surface area contributed by atoms with Crippen molar-refractivity contribution in [3.63, 3.8) is 0 Å². The average molecular weight is 434 g/mol. The Balaban J connectivity index is 1.61. The number of nitrogens with zero attached hydrogens (tertiary/aromatic N) is 2. The fourth-order valence-electron chi connectivity index (χ4n) is 3.55. The number of carbonyl (C=O) groups is 2. The number of carboxylic acid groups (broad SMARTS) is 1. The summed E-state index contributed by atoms with van der Waals surface area (Å²) in [6, 6.07) is 6.69. The number of aromatic nitrogens is 1. The second-order valence-electron chi connectivity index (χ2n) is 7.39. The molecule has 0 saturated carbocycles. The maximum absolute atomic E-state index is 14.5. The highest BCUT2D eigenvalue weighted by Gasteiger charge is 2.39. The molecule has 1 aromatic carbocycles. The molecule has 2 heterocycles. The molecule has 0 spiro atoms. The molecule has 1 saturated heterocycles. The zero-order valence-electron chi connectivity index (χ0n) is 16.8. The summed E-state index contributed by atoms with van der Waals surface area (Å²) < 4.78 is 34.1. The molecular weight excluding hydrogens is 410 g/mol. The molecule has 0 bridgehead atoms. The van der Waals surface area contributed by atoms with E-state index in [1.165, 1.54) is 30.3 Å². The number of alkyl halides is 2. The molecule has 1 aliphatic rings. The molecule has 0 radical (unpaired) electrons. The second-order valence-corrected chi connectivity index (χ2v) is 7.39. The first-order valence-corrected chi connectivity index (χ1v) is 10.1. The van der Waals surface area contributed by atoms with Crippen molar-refractivity contribution in [2.45, 2.75) is 50.2 Å². The lowest BCUT2D eigenvalue weighted by molar-refractivity contribution is -0.135. The Morgan fingerprint density at radius 3 is 2.77 bits per heavy atom. The van der Waals surface area contributed by atoms with Crippen LogP contribution < -0.4 is 0 Å². The maximum Gasteiger partial charge on any atom is 0.373 e. The number of aliphatic hydroxyl groups excluding tert-OH is 1. The molecule has 166 valence electrons. The molecule has 3 rings (SSSR count). The number of carbonyl (C=O) groups excluding carboxylic acids is 1. The van der Waals surface area contributed by atoms with E-state index in [0.29, 0.717) is 38.6 Å². The minimum absolute atomic E-state index is 0.0937. The van der Waals surface area contributed by atoms with Crippen molar-refractivity contribution in [1.29, 1.82) is 0 Å². The standard InChI is InChI=1S/C22H24F2N2O5/c23-22(24,15-6-2-1-3-7-15)18(27)12-11-16-8-4-10-20(28)26(16)13-5-9-19-25-14-17(31-19)21(29)30/h1-3,6-7,11-12,14,16,18,27H,4-5,8-10,13H2,(H,29,30)/b12-11+/t16-,18-/m1/s1. The number of amides is 1. The number of aliphatic hydroxyl groups is 1. The van der Waals surface area contributed by atoms with Crippen molar-refractivity contribution < 1.29 is 33.0 Å². The smallest absolute Gasteiger partial charge is 0.373 e. The lowest BCUT2D eigenvalue weighted by atomic mass is 9.98. The van der Waals surface area contributed by atoms with Gasteiger partial charge in [-0.1, -0.05) is 42.5 Å². The number of benzene rings is 1. The maximum atomic E-state index is 14.5. The van der Waals surface area contributed by atoms with Gasteiger partial charge >= 0.3 is 11.9 Å². The first kappa shape index (κ1) is 22.6. The minimum atomic E-state index is -3.45. The van der Waals surface area contributed by atoms with E-state index < -0.39 is 24.0 Å². The van der Waals surface area contributed by atoms with E-state index in [2.05, 4.69) is 4.98 Å². The summed E-state index contributed by atoms with van der Waals surface area (Å²) in [5.41, 5.74) is -0.282. The summed E-state index contributed by atoms with van der Waals surface area (Å²) in [7, 11) is 0. The third kappa shape index (κ3) is 5.55. The van der Waals surface area contributed by atoms with E-state index in [1.54, 1.807) is 11.0 Å². The van der Waals surface area contributed by atoms with Crippen LogP contribution in [-0.4, -0.2) is 50.7 Å². The largest absolute Gasteiger partial charge is 0.475 e. The summed E-state index contributed by atoms with van der Waals surface area (Å²) in [5.74, 6) is -4.75. The van der Waals surface area contributed by atoms with Gasteiger partial charge in [-0.3, -0.25) is 4.79 Å². The van der Waals surface area contributed by atoms with Gasteiger partial charge in [-0.15, -0.1) is 0 Å². The van der Waals surface area contributed by atoms with Crippen molar-refractivity contribution in [3.05, 3.63) is 65.9 Å². The molecule has 2 atom stereocenters. The second kappa shape index (κ2) is 9.82. The van der Waals surface area contributed by atoms with E-state index in [-0.39, 0.29) is 23.1 Å². The van der Waals surface area contributed by atoms with Gasteiger partial charge in [0.05, 0.1) is 12.2 Å². The zero-order chi connectivity index (χ0) is 22.4. The predicted molar refractivity (Wildman–Crippen MR) is 107 cm³/mol. The van der Waals surface area contributed by atoms with Crippen molar-refractivity contribution in [3.8, 4) is 0 Å². The van der Waals surface area contributed by atoms with Crippen LogP contribution in [0.15, 0.2) is 53.1 Å². The van der Waals surface area contributed by atoms with Crippen LogP contribution in [0.2, 0.25) is 0 Å². The van der Waals surface area contributed by atoms with Crippen LogP contribution in [0.4, 0.5) is 8.78 Å². The highest BCUT2D eigenvalue weighted by molar-refractivity contribution is 5.83. The molecule has 0 aliphatic carbocycles. The fraction of sp³-hybridized carbons (Fsp3) is 0.409. The first-order chi connectivity index (χ1) is 14.8. The van der Waals surface area contributed by atoms with Gasteiger partial charge in [0, 0.05) is 24.9 Å². The Labute approximate surface area is 178 Å². The number of oxazole rings is 1. The van der Waals surface area contributed by atoms with E-state index in [1.807, 2.05) is 0 Å². The Kier molecular flexibility index (Phi) is 7.17. The number of aryl methyl sites for hydroxylation is 1. The molecule has 2 N–H and O–H groups in total. The zero-order valence-corrected chi connectivity index (χ0v) is 16.8. The van der Waals surface area contributed by atoms with Gasteiger partial charge in [0.2, 0.25) is 11.7 Å². The first-order valence-electron chi connectivity index (χ1n) is 10.1. The number of rotatable bonds is 9. The highest BCUT2D eigenvalue weighted by atomic mass is 19.3. The molecule has 2 aromatic rings. The number of hydrogen-bond donors (Lipinski definition) is 2. The van der Waals surface area contributed by atoms with Gasteiger partial charge in [0.25, 0.3) is 0 Å². The third-order valence-electron chi connectivity index (χ3n) is 5.21. The van der Waals surface area contributed by atoms with Gasteiger partial charge in [-0.05, 0) is 19.3 Å². The van der Waals surface area contributed by atoms with Gasteiger partial charge in [-0.2, -0.15) is 8.78 Å². The Hall–Kier alpha value is -3.07. The summed E-state index contributed by atoms with van der Waals surface area (Å²) in [6.45, 7) is 0.337. The number of piperidine rings is 1. The Bertz CT molecular complexity index is 929. The lowest BCUT2D eigenvalue weighted by Gasteiger charge is -2.34. The predicted octanol–water partition coefficient (Wildman–Crippen LogP) is 3.40. The normalized spacial score (nSPS) is 18.5. The number of aromatic carboxylic acids is 1. The number of hydrogen-bond acceptors (Lipinski definition) is 5. The SMILES string of the molecule is O=C(O)c1cnc(CCCN2C(=O)CCC[C@@H]2/C=C/[C@@H](O)C(F)(F)c2ccccc2)o1. The van der Waals surface area contributed by atoms with Crippen LogP contribution >= 0.6 is 0 Å².